The van der Waals surface area contributed by atoms with Gasteiger partial charge >= 0.3 is 0 Å². The highest BCUT2D eigenvalue weighted by Crippen LogP contribution is 2.23. The second kappa shape index (κ2) is 4.76. The van der Waals surface area contributed by atoms with Gasteiger partial charge in [-0.1, -0.05) is 40.2 Å². The van der Waals surface area contributed by atoms with Crippen LogP contribution in [0.25, 0.3) is 6.08 Å². The van der Waals surface area contributed by atoms with Crippen molar-refractivity contribution in [2.45, 2.75) is 26.8 Å². The first kappa shape index (κ1) is 11.5. The molecule has 1 nitrogen and oxygen atoms in total. The number of benzene rings is 1. The minimum Gasteiger partial charge on any atom is -0.325 e. The highest BCUT2D eigenvalue weighted by Gasteiger charge is 1.99. The third-order valence-corrected chi connectivity index (χ3v) is 3.30. The van der Waals surface area contributed by atoms with Gasteiger partial charge in [0.1, 0.15) is 0 Å². The van der Waals surface area contributed by atoms with E-state index in [1.54, 1.807) is 0 Å². The number of rotatable bonds is 2. The molecule has 2 heteroatoms. The van der Waals surface area contributed by atoms with Crippen LogP contribution in [-0.4, -0.2) is 6.04 Å². The molecular weight excluding hydrogens is 238 g/mol. The van der Waals surface area contributed by atoms with E-state index in [2.05, 4.69) is 48.0 Å². The Kier molecular flexibility index (Phi) is 3.90. The van der Waals surface area contributed by atoms with Crippen molar-refractivity contribution in [3.05, 3.63) is 39.4 Å². The van der Waals surface area contributed by atoms with E-state index in [0.717, 1.165) is 0 Å². The Labute approximate surface area is 94.1 Å². The maximum absolute atomic E-state index is 5.65. The molecule has 2 N–H and O–H groups in total. The molecular formula is C12H16BrN. The predicted molar refractivity (Wildman–Crippen MR) is 66.3 cm³/mol. The van der Waals surface area contributed by atoms with Crippen LogP contribution in [0.4, 0.5) is 0 Å². The van der Waals surface area contributed by atoms with Gasteiger partial charge in [0.25, 0.3) is 0 Å². The summed E-state index contributed by atoms with van der Waals surface area (Å²) in [6.45, 7) is 6.16. The Morgan fingerprint density at radius 2 is 1.79 bits per heavy atom. The highest BCUT2D eigenvalue weighted by atomic mass is 79.9. The number of hydrogen-bond acceptors (Lipinski definition) is 1. The summed E-state index contributed by atoms with van der Waals surface area (Å²) in [7, 11) is 0. The fourth-order valence-electron chi connectivity index (χ4n) is 1.34. The average Bonchev–Trinajstić information content (AvgIpc) is 2.10. The van der Waals surface area contributed by atoms with Gasteiger partial charge < -0.3 is 5.73 Å². The van der Waals surface area contributed by atoms with Crippen LogP contribution < -0.4 is 5.73 Å². The van der Waals surface area contributed by atoms with E-state index in [1.807, 2.05) is 13.0 Å². The second-order valence-electron chi connectivity index (χ2n) is 3.69. The van der Waals surface area contributed by atoms with Crippen LogP contribution in [0.3, 0.4) is 0 Å². The molecule has 76 valence electrons. The zero-order valence-electron chi connectivity index (χ0n) is 8.84. The van der Waals surface area contributed by atoms with E-state index >= 15 is 0 Å². The van der Waals surface area contributed by atoms with Gasteiger partial charge in [0.2, 0.25) is 0 Å². The predicted octanol–water partition coefficient (Wildman–Crippen LogP) is 3.43. The van der Waals surface area contributed by atoms with Gasteiger partial charge in [0.15, 0.2) is 0 Å². The van der Waals surface area contributed by atoms with E-state index in [4.69, 9.17) is 5.73 Å². The number of aryl methyl sites for hydroxylation is 2. The summed E-state index contributed by atoms with van der Waals surface area (Å²) >= 11 is 3.54. The molecule has 0 aliphatic carbocycles. The van der Waals surface area contributed by atoms with Crippen LogP contribution in [0, 0.1) is 13.8 Å². The first-order valence-corrected chi connectivity index (χ1v) is 5.50. The molecule has 1 aromatic carbocycles. The zero-order valence-corrected chi connectivity index (χ0v) is 10.4. The molecule has 0 aliphatic heterocycles. The molecule has 14 heavy (non-hydrogen) atoms. The Hall–Kier alpha value is -0.600. The lowest BCUT2D eigenvalue weighted by molar-refractivity contribution is 0.931. The molecule has 1 unspecified atom stereocenters. The summed E-state index contributed by atoms with van der Waals surface area (Å²) in [6, 6.07) is 4.41. The Morgan fingerprint density at radius 3 is 2.21 bits per heavy atom. The van der Waals surface area contributed by atoms with Gasteiger partial charge in [-0.25, -0.2) is 0 Å². The molecule has 0 spiro atoms. The summed E-state index contributed by atoms with van der Waals surface area (Å²) in [4.78, 5) is 0. The van der Waals surface area contributed by atoms with Crippen LogP contribution in [0.2, 0.25) is 0 Å². The fourth-order valence-corrected chi connectivity index (χ4v) is 1.57. The van der Waals surface area contributed by atoms with Crippen molar-refractivity contribution in [2.24, 2.45) is 5.73 Å². The van der Waals surface area contributed by atoms with Crippen LogP contribution >= 0.6 is 15.9 Å². The zero-order chi connectivity index (χ0) is 10.7. The Balaban J connectivity index is 3.01. The quantitative estimate of drug-likeness (QED) is 0.859. The molecule has 0 saturated carbocycles. The van der Waals surface area contributed by atoms with Gasteiger partial charge in [0.05, 0.1) is 0 Å². The Bertz CT molecular complexity index is 330. The number of hydrogen-bond donors (Lipinski definition) is 1. The molecule has 1 aromatic rings. The van der Waals surface area contributed by atoms with E-state index in [0.29, 0.717) is 0 Å². The maximum Gasteiger partial charge on any atom is 0.0234 e. The molecule has 0 bridgehead atoms. The van der Waals surface area contributed by atoms with Crippen LogP contribution in [0.5, 0.6) is 0 Å². The number of halogens is 1. The van der Waals surface area contributed by atoms with E-state index in [9.17, 15) is 0 Å². The lowest BCUT2D eigenvalue weighted by Gasteiger charge is -2.05. The first-order valence-electron chi connectivity index (χ1n) is 4.71. The van der Waals surface area contributed by atoms with Crippen molar-refractivity contribution in [3.8, 4) is 0 Å². The monoisotopic (exact) mass is 253 g/mol. The largest absolute Gasteiger partial charge is 0.325 e. The van der Waals surface area contributed by atoms with Gasteiger partial charge in [-0.3, -0.25) is 0 Å². The van der Waals surface area contributed by atoms with Gasteiger partial charge in [-0.15, -0.1) is 0 Å². The Morgan fingerprint density at radius 1 is 1.29 bits per heavy atom. The SMILES string of the molecule is Cc1cc(/C=C/C(C)N)cc(C)c1Br. The lowest BCUT2D eigenvalue weighted by atomic mass is 10.1. The lowest BCUT2D eigenvalue weighted by Crippen LogP contribution is -2.09. The van der Waals surface area contributed by atoms with Crippen molar-refractivity contribution in [3.63, 3.8) is 0 Å². The highest BCUT2D eigenvalue weighted by molar-refractivity contribution is 9.10. The number of nitrogens with two attached hydrogens (primary N) is 1. The van der Waals surface area contributed by atoms with Crippen molar-refractivity contribution >= 4 is 22.0 Å². The van der Waals surface area contributed by atoms with Crippen LogP contribution in [0.1, 0.15) is 23.6 Å². The normalized spacial score (nSPS) is 13.5. The molecule has 1 rings (SSSR count). The molecule has 0 aliphatic rings. The first-order chi connectivity index (χ1) is 6.50. The molecule has 0 amide bonds. The summed E-state index contributed by atoms with van der Waals surface area (Å²) in [5.74, 6) is 0. The smallest absolute Gasteiger partial charge is 0.0234 e. The van der Waals surface area contributed by atoms with Crippen LogP contribution in [-0.2, 0) is 0 Å². The summed E-state index contributed by atoms with van der Waals surface area (Å²) in [5.41, 5.74) is 9.38. The van der Waals surface area contributed by atoms with E-state index < -0.39 is 0 Å². The van der Waals surface area contributed by atoms with Crippen LogP contribution in [0.15, 0.2) is 22.7 Å². The molecule has 0 saturated heterocycles. The third-order valence-electron chi connectivity index (χ3n) is 2.05. The topological polar surface area (TPSA) is 26.0 Å². The van der Waals surface area contributed by atoms with Crippen molar-refractivity contribution in [1.29, 1.82) is 0 Å². The van der Waals surface area contributed by atoms with Gasteiger partial charge in [-0.2, -0.15) is 0 Å². The minimum absolute atomic E-state index is 0.110. The average molecular weight is 254 g/mol. The summed E-state index contributed by atoms with van der Waals surface area (Å²) < 4.78 is 1.19. The third kappa shape index (κ3) is 2.96. The van der Waals surface area contributed by atoms with Crippen molar-refractivity contribution < 1.29 is 0 Å². The molecule has 0 radical (unpaired) electrons. The summed E-state index contributed by atoms with van der Waals surface area (Å²) in [6.07, 6.45) is 4.07. The van der Waals surface area contributed by atoms with Crippen molar-refractivity contribution in [2.75, 3.05) is 0 Å². The van der Waals surface area contributed by atoms with E-state index in [-0.39, 0.29) is 6.04 Å². The van der Waals surface area contributed by atoms with E-state index in [1.165, 1.54) is 21.2 Å². The fraction of sp³-hybridized carbons (Fsp3) is 0.333. The standard InChI is InChI=1S/C12H16BrN/c1-8-6-11(5-4-10(3)14)7-9(2)12(8)13/h4-7,10H,14H2,1-3H3/b5-4+. The van der Waals surface area contributed by atoms with Crippen molar-refractivity contribution in [1.82, 2.24) is 0 Å². The molecule has 0 fully saturated rings. The molecule has 1 atom stereocenters. The summed E-state index contributed by atoms with van der Waals surface area (Å²) in [5, 5.41) is 0. The minimum atomic E-state index is 0.110. The maximum atomic E-state index is 5.65. The van der Waals surface area contributed by atoms with Gasteiger partial charge in [-0.05, 0) is 37.5 Å². The van der Waals surface area contributed by atoms with Gasteiger partial charge in [0, 0.05) is 10.5 Å². The molecule has 0 aromatic heterocycles. The molecule has 0 heterocycles. The second-order valence-corrected chi connectivity index (χ2v) is 4.48.